The van der Waals surface area contributed by atoms with E-state index in [9.17, 15) is 0 Å². The molecule has 4 heteroatoms. The van der Waals surface area contributed by atoms with Gasteiger partial charge in [0.25, 0.3) is 0 Å². The van der Waals surface area contributed by atoms with Crippen molar-refractivity contribution >= 4 is 37.1 Å². The van der Waals surface area contributed by atoms with Gasteiger partial charge in [-0.25, -0.2) is 0 Å². The third-order valence-electron chi connectivity index (χ3n) is 8.30. The van der Waals surface area contributed by atoms with Gasteiger partial charge in [0.15, 0.2) is 6.29 Å². The highest BCUT2D eigenvalue weighted by molar-refractivity contribution is 7.82. The summed E-state index contributed by atoms with van der Waals surface area (Å²) < 4.78 is 11.9. The summed E-state index contributed by atoms with van der Waals surface area (Å²) in [4.78, 5) is 0. The smallest absolute Gasteiger partial charge is 0.157 e. The molecule has 4 aromatic carbocycles. The van der Waals surface area contributed by atoms with E-state index in [1.807, 2.05) is 0 Å². The monoisotopic (exact) mass is 590 g/mol. The zero-order chi connectivity index (χ0) is 28.8. The van der Waals surface area contributed by atoms with Gasteiger partial charge in [0, 0.05) is 5.92 Å². The standard InChI is InChI=1S/C38H40O2P2/c1-38(2,25-24-37-39-26-15-27-40-37)30-28-35(41(31-16-7-3-8-17-31)32-18-9-4-10-19-32)36(29-30)42(33-20-11-5-12-21-33)34-22-13-6-14-23-34/h3-14,16-23,28-30,37H,15,24-27H2,1-2H3. The van der Waals surface area contributed by atoms with Gasteiger partial charge in [-0.05, 0) is 72.4 Å². The average Bonchev–Trinajstić information content (AvgIpc) is 3.48. The Morgan fingerprint density at radius 1 is 0.571 bits per heavy atom. The van der Waals surface area contributed by atoms with Crippen LogP contribution in [0.15, 0.2) is 144 Å². The molecule has 0 spiro atoms. The molecule has 1 aliphatic carbocycles. The lowest BCUT2D eigenvalue weighted by Crippen LogP contribution is -2.28. The molecule has 0 radical (unpaired) electrons. The number of rotatable bonds is 10. The molecule has 0 bridgehead atoms. The first-order valence-corrected chi connectivity index (χ1v) is 17.8. The van der Waals surface area contributed by atoms with Gasteiger partial charge in [-0.15, -0.1) is 0 Å². The molecule has 0 atom stereocenters. The molecular formula is C38H40O2P2. The Balaban J connectivity index is 1.47. The van der Waals surface area contributed by atoms with E-state index in [2.05, 4.69) is 147 Å². The quantitative estimate of drug-likeness (QED) is 0.173. The van der Waals surface area contributed by atoms with E-state index in [0.717, 1.165) is 32.5 Å². The summed E-state index contributed by atoms with van der Waals surface area (Å²) in [5.74, 6) is 0.320. The molecule has 1 saturated heterocycles. The first kappa shape index (κ1) is 29.2. The molecule has 6 rings (SSSR count). The van der Waals surface area contributed by atoms with Crippen molar-refractivity contribution < 1.29 is 9.47 Å². The van der Waals surface area contributed by atoms with Gasteiger partial charge in [-0.2, -0.15) is 0 Å². The van der Waals surface area contributed by atoms with Crippen molar-refractivity contribution in [3.8, 4) is 0 Å². The van der Waals surface area contributed by atoms with Crippen LogP contribution in [0, 0.1) is 11.3 Å². The van der Waals surface area contributed by atoms with Crippen molar-refractivity contribution in [3.63, 3.8) is 0 Å². The van der Waals surface area contributed by atoms with Gasteiger partial charge in [-0.3, -0.25) is 0 Å². The number of ether oxygens (including phenoxy) is 2. The number of allylic oxidation sites excluding steroid dienone is 4. The van der Waals surface area contributed by atoms with Crippen molar-refractivity contribution in [3.05, 3.63) is 144 Å². The molecule has 2 nitrogen and oxygen atoms in total. The maximum absolute atomic E-state index is 5.94. The molecule has 1 aliphatic heterocycles. The fraction of sp³-hybridized carbons (Fsp3) is 0.263. The van der Waals surface area contributed by atoms with Crippen LogP contribution in [0.1, 0.15) is 33.1 Å². The summed E-state index contributed by atoms with van der Waals surface area (Å²) >= 11 is 0. The average molecular weight is 591 g/mol. The van der Waals surface area contributed by atoms with Crippen LogP contribution < -0.4 is 21.2 Å². The maximum atomic E-state index is 5.94. The number of hydrogen-bond donors (Lipinski definition) is 0. The lowest BCUT2D eigenvalue weighted by molar-refractivity contribution is -0.184. The van der Waals surface area contributed by atoms with Crippen LogP contribution in [0.4, 0.5) is 0 Å². The van der Waals surface area contributed by atoms with Gasteiger partial charge in [0.2, 0.25) is 0 Å². The van der Waals surface area contributed by atoms with Gasteiger partial charge >= 0.3 is 0 Å². The molecule has 0 aromatic heterocycles. The van der Waals surface area contributed by atoms with E-state index >= 15 is 0 Å². The highest BCUT2D eigenvalue weighted by Gasteiger charge is 2.38. The summed E-state index contributed by atoms with van der Waals surface area (Å²) in [6.45, 7) is 6.46. The fourth-order valence-electron chi connectivity index (χ4n) is 5.91. The Morgan fingerprint density at radius 2 is 0.929 bits per heavy atom. The molecule has 4 aromatic rings. The third-order valence-corrected chi connectivity index (χ3v) is 13.5. The summed E-state index contributed by atoms with van der Waals surface area (Å²) in [7, 11) is -1.48. The minimum atomic E-state index is -0.740. The van der Waals surface area contributed by atoms with Crippen molar-refractivity contribution in [1.29, 1.82) is 0 Å². The minimum Gasteiger partial charge on any atom is -0.353 e. The van der Waals surface area contributed by atoms with Crippen molar-refractivity contribution in [1.82, 2.24) is 0 Å². The highest BCUT2D eigenvalue weighted by Crippen LogP contribution is 2.61. The van der Waals surface area contributed by atoms with E-state index < -0.39 is 15.8 Å². The summed E-state index contributed by atoms with van der Waals surface area (Å²) in [5, 5.41) is 8.60. The van der Waals surface area contributed by atoms with Crippen LogP contribution in [-0.2, 0) is 9.47 Å². The molecular weight excluding hydrogens is 550 g/mol. The summed E-state index contributed by atoms with van der Waals surface area (Å²) in [6.07, 6.45) is 8.14. The molecule has 0 unspecified atom stereocenters. The van der Waals surface area contributed by atoms with Gasteiger partial charge in [0.1, 0.15) is 0 Å². The summed E-state index contributed by atoms with van der Waals surface area (Å²) in [6, 6.07) is 44.6. The molecule has 1 fully saturated rings. The van der Waals surface area contributed by atoms with Gasteiger partial charge < -0.3 is 9.47 Å². The molecule has 0 N–H and O–H groups in total. The largest absolute Gasteiger partial charge is 0.353 e. The topological polar surface area (TPSA) is 18.5 Å². The van der Waals surface area contributed by atoms with Crippen LogP contribution >= 0.6 is 15.8 Å². The van der Waals surface area contributed by atoms with Crippen molar-refractivity contribution in [2.24, 2.45) is 11.3 Å². The molecule has 0 saturated carbocycles. The SMILES string of the molecule is CC(C)(CCC1OCCCO1)C1C=C(P(c2ccccc2)c2ccccc2)C(P(c2ccccc2)c2ccccc2)=C1. The summed E-state index contributed by atoms with van der Waals surface area (Å²) in [5.41, 5.74) is 0.0555. The molecule has 42 heavy (non-hydrogen) atoms. The van der Waals surface area contributed by atoms with Crippen molar-refractivity contribution in [2.75, 3.05) is 13.2 Å². The maximum Gasteiger partial charge on any atom is 0.157 e. The van der Waals surface area contributed by atoms with E-state index in [0.29, 0.717) is 5.92 Å². The Morgan fingerprint density at radius 3 is 1.29 bits per heavy atom. The van der Waals surface area contributed by atoms with Gasteiger partial charge in [-0.1, -0.05) is 147 Å². The molecule has 214 valence electrons. The number of benzene rings is 4. The predicted octanol–water partition coefficient (Wildman–Crippen LogP) is 8.22. The zero-order valence-corrected chi connectivity index (χ0v) is 26.4. The Labute approximate surface area is 254 Å². The van der Waals surface area contributed by atoms with E-state index in [-0.39, 0.29) is 11.7 Å². The minimum absolute atomic E-state index is 0.0555. The fourth-order valence-corrected chi connectivity index (χ4v) is 11.3. The third kappa shape index (κ3) is 6.69. The van der Waals surface area contributed by atoms with E-state index in [1.165, 1.54) is 31.8 Å². The van der Waals surface area contributed by atoms with Gasteiger partial charge in [0.05, 0.1) is 13.2 Å². The van der Waals surface area contributed by atoms with Crippen molar-refractivity contribution in [2.45, 2.75) is 39.4 Å². The van der Waals surface area contributed by atoms with Crippen LogP contribution in [0.2, 0.25) is 0 Å². The zero-order valence-electron chi connectivity index (χ0n) is 24.6. The second-order valence-electron chi connectivity index (χ2n) is 11.7. The van der Waals surface area contributed by atoms with Crippen LogP contribution in [-0.4, -0.2) is 19.5 Å². The molecule has 1 heterocycles. The molecule has 2 aliphatic rings. The predicted molar refractivity (Wildman–Crippen MR) is 181 cm³/mol. The second kappa shape index (κ2) is 13.6. The number of hydrogen-bond acceptors (Lipinski definition) is 2. The van der Waals surface area contributed by atoms with E-state index in [1.54, 1.807) is 0 Å². The Kier molecular flexibility index (Phi) is 9.48. The first-order valence-electron chi connectivity index (χ1n) is 15.1. The Bertz CT molecular complexity index is 1300. The molecule has 0 amide bonds. The van der Waals surface area contributed by atoms with E-state index in [4.69, 9.17) is 9.47 Å². The Hall–Kier alpha value is -2.86. The first-order chi connectivity index (χ1) is 20.6. The van der Waals surface area contributed by atoms with Crippen LogP contribution in [0.5, 0.6) is 0 Å². The van der Waals surface area contributed by atoms with Crippen LogP contribution in [0.3, 0.4) is 0 Å². The second-order valence-corrected chi connectivity index (χ2v) is 16.1. The van der Waals surface area contributed by atoms with Crippen LogP contribution in [0.25, 0.3) is 0 Å². The normalized spacial score (nSPS) is 16.6. The highest BCUT2D eigenvalue weighted by atomic mass is 31.1. The lowest BCUT2D eigenvalue weighted by Gasteiger charge is -2.32. The lowest BCUT2D eigenvalue weighted by atomic mass is 9.76.